The second-order valence-corrected chi connectivity index (χ2v) is 8.73. The Bertz CT molecular complexity index is 1260. The van der Waals surface area contributed by atoms with E-state index in [0.29, 0.717) is 17.3 Å². The number of imidazole rings is 1. The lowest BCUT2D eigenvalue weighted by Crippen LogP contribution is -2.43. The van der Waals surface area contributed by atoms with E-state index in [-0.39, 0.29) is 5.82 Å². The number of benzene rings is 1. The van der Waals surface area contributed by atoms with Crippen LogP contribution in [0.25, 0.3) is 16.6 Å². The third-order valence-electron chi connectivity index (χ3n) is 6.22. The lowest BCUT2D eigenvalue weighted by atomic mass is 10.2. The Balaban J connectivity index is 1.40. The van der Waals surface area contributed by atoms with E-state index in [4.69, 9.17) is 5.10 Å². The summed E-state index contributed by atoms with van der Waals surface area (Å²) in [6, 6.07) is 8.00. The molecule has 0 atom stereocenters. The van der Waals surface area contributed by atoms with Crippen molar-refractivity contribution < 1.29 is 4.39 Å². The van der Waals surface area contributed by atoms with Gasteiger partial charge in [0.05, 0.1) is 16.9 Å². The van der Waals surface area contributed by atoms with E-state index in [1.807, 2.05) is 19.3 Å². The van der Waals surface area contributed by atoms with Crippen molar-refractivity contribution in [1.82, 2.24) is 24.5 Å². The minimum absolute atomic E-state index is 0.336. The lowest BCUT2D eigenvalue weighted by molar-refractivity contribution is 0.574. The minimum atomic E-state index is -0.336. The van der Waals surface area contributed by atoms with Gasteiger partial charge in [0.25, 0.3) is 0 Å². The molecule has 0 radical (unpaired) electrons. The smallest absolute Gasteiger partial charge is 0.173 e. The van der Waals surface area contributed by atoms with Gasteiger partial charge in [-0.05, 0) is 43.9 Å². The van der Waals surface area contributed by atoms with Crippen LogP contribution in [-0.2, 0) is 6.54 Å². The highest BCUT2D eigenvalue weighted by Gasteiger charge is 2.25. The quantitative estimate of drug-likeness (QED) is 0.517. The molecule has 1 aliphatic carbocycles. The number of piperazine rings is 1. The van der Waals surface area contributed by atoms with E-state index in [2.05, 4.69) is 43.4 Å². The van der Waals surface area contributed by atoms with Crippen LogP contribution >= 0.6 is 0 Å². The fraction of sp³-hybridized carbons (Fsp3) is 0.391. The number of fused-ring (bicyclic) bond motifs is 2. The van der Waals surface area contributed by atoms with Crippen LogP contribution in [0.3, 0.4) is 0 Å². The Morgan fingerprint density at radius 2 is 2.00 bits per heavy atom. The molecule has 31 heavy (non-hydrogen) atoms. The zero-order valence-corrected chi connectivity index (χ0v) is 17.6. The Morgan fingerprint density at radius 3 is 2.81 bits per heavy atom. The van der Waals surface area contributed by atoms with Crippen molar-refractivity contribution in [3.8, 4) is 0 Å². The molecule has 2 N–H and O–H groups in total. The van der Waals surface area contributed by atoms with Crippen LogP contribution in [0.5, 0.6) is 0 Å². The summed E-state index contributed by atoms with van der Waals surface area (Å²) in [5, 5.41) is 12.8. The molecule has 2 fully saturated rings. The number of pyridine rings is 1. The van der Waals surface area contributed by atoms with Gasteiger partial charge >= 0.3 is 0 Å². The molecule has 6 rings (SSSR count). The van der Waals surface area contributed by atoms with E-state index in [1.165, 1.54) is 24.6 Å². The molecular weight excluding hydrogens is 393 g/mol. The van der Waals surface area contributed by atoms with Gasteiger partial charge in [-0.1, -0.05) is 0 Å². The second-order valence-electron chi connectivity index (χ2n) is 8.73. The highest BCUT2D eigenvalue weighted by Crippen LogP contribution is 2.35. The first-order chi connectivity index (χ1) is 15.1. The summed E-state index contributed by atoms with van der Waals surface area (Å²) < 4.78 is 18.4. The lowest BCUT2D eigenvalue weighted by Gasteiger charge is -2.29. The highest BCUT2D eigenvalue weighted by atomic mass is 19.1. The molecule has 1 aromatic carbocycles. The van der Waals surface area contributed by atoms with Crippen LogP contribution in [0.4, 0.5) is 21.6 Å². The van der Waals surface area contributed by atoms with Gasteiger partial charge in [-0.3, -0.25) is 0 Å². The third-order valence-corrected chi connectivity index (χ3v) is 6.22. The maximum atomic E-state index is 14.6. The van der Waals surface area contributed by atoms with Crippen molar-refractivity contribution in [3.05, 3.63) is 48.2 Å². The molecule has 4 heterocycles. The van der Waals surface area contributed by atoms with E-state index >= 15 is 0 Å². The number of nitrogens with one attached hydrogen (secondary N) is 2. The monoisotopic (exact) mass is 419 g/mol. The number of anilines is 3. The Kier molecular flexibility index (Phi) is 4.34. The number of hydrogen-bond acceptors (Lipinski definition) is 5. The van der Waals surface area contributed by atoms with Gasteiger partial charge in [0.2, 0.25) is 0 Å². The molecule has 2 aliphatic rings. The van der Waals surface area contributed by atoms with Crippen molar-refractivity contribution in [3.63, 3.8) is 0 Å². The Morgan fingerprint density at radius 1 is 1.16 bits per heavy atom. The van der Waals surface area contributed by atoms with Crippen molar-refractivity contribution in [1.29, 1.82) is 0 Å². The molecule has 0 bridgehead atoms. The average Bonchev–Trinajstić information content (AvgIpc) is 3.41. The normalized spacial score (nSPS) is 17.0. The van der Waals surface area contributed by atoms with Crippen molar-refractivity contribution >= 4 is 33.7 Å². The number of nitrogens with zero attached hydrogens (tertiary/aromatic N) is 5. The van der Waals surface area contributed by atoms with Gasteiger partial charge in [0.15, 0.2) is 11.5 Å². The number of halogens is 1. The standard InChI is InChI=1S/C23H26FN7/c1-15-12-30-14-17(10-20(24)23(30)26-15)27-22-19-5-4-18(29-8-6-25-7-9-29)11-21(19)28-31(22)13-16-2-3-16/h4-5,10-12,14,16,25,27H,2-3,6-9,13H2,1H3. The van der Waals surface area contributed by atoms with Gasteiger partial charge in [0.1, 0.15) is 5.82 Å². The summed E-state index contributed by atoms with van der Waals surface area (Å²) in [6.07, 6.45) is 6.21. The molecule has 1 saturated carbocycles. The van der Waals surface area contributed by atoms with Crippen molar-refractivity contribution in [2.75, 3.05) is 36.4 Å². The van der Waals surface area contributed by atoms with Crippen molar-refractivity contribution in [2.24, 2.45) is 5.92 Å². The average molecular weight is 420 g/mol. The molecule has 7 nitrogen and oxygen atoms in total. The maximum Gasteiger partial charge on any atom is 0.173 e. The Hall–Kier alpha value is -3.13. The fourth-order valence-corrected chi connectivity index (χ4v) is 4.44. The van der Waals surface area contributed by atoms with Crippen LogP contribution in [0.15, 0.2) is 36.7 Å². The summed E-state index contributed by atoms with van der Waals surface area (Å²) in [4.78, 5) is 6.65. The first-order valence-electron chi connectivity index (χ1n) is 11.0. The summed E-state index contributed by atoms with van der Waals surface area (Å²) in [6.45, 7) is 6.76. The first-order valence-corrected chi connectivity index (χ1v) is 11.0. The Labute approximate surface area is 179 Å². The molecule has 3 aromatic heterocycles. The molecule has 1 saturated heterocycles. The molecule has 4 aromatic rings. The zero-order chi connectivity index (χ0) is 20.9. The molecule has 0 spiro atoms. The second kappa shape index (κ2) is 7.23. The fourth-order valence-electron chi connectivity index (χ4n) is 4.44. The van der Waals surface area contributed by atoms with Gasteiger partial charge in [-0.2, -0.15) is 5.10 Å². The molecule has 1 aliphatic heterocycles. The van der Waals surface area contributed by atoms with Crippen molar-refractivity contribution in [2.45, 2.75) is 26.3 Å². The summed E-state index contributed by atoms with van der Waals surface area (Å²) >= 11 is 0. The van der Waals surface area contributed by atoms with Crippen LogP contribution in [-0.4, -0.2) is 45.3 Å². The zero-order valence-electron chi connectivity index (χ0n) is 17.6. The van der Waals surface area contributed by atoms with Gasteiger partial charge < -0.3 is 19.9 Å². The topological polar surface area (TPSA) is 62.4 Å². The number of rotatable bonds is 5. The predicted molar refractivity (Wildman–Crippen MR) is 121 cm³/mol. The first kappa shape index (κ1) is 18.6. The van der Waals surface area contributed by atoms with E-state index in [0.717, 1.165) is 55.1 Å². The molecular formula is C23H26FN7. The molecule has 0 unspecified atom stereocenters. The largest absolute Gasteiger partial charge is 0.369 e. The number of aryl methyl sites for hydroxylation is 1. The molecule has 8 heteroatoms. The van der Waals surface area contributed by atoms with Crippen LogP contribution in [0, 0.1) is 18.7 Å². The van der Waals surface area contributed by atoms with Gasteiger partial charge in [0, 0.05) is 62.3 Å². The highest BCUT2D eigenvalue weighted by molar-refractivity contribution is 5.94. The summed E-state index contributed by atoms with van der Waals surface area (Å²) in [7, 11) is 0. The molecule has 0 amide bonds. The van der Waals surface area contributed by atoms with E-state index in [9.17, 15) is 4.39 Å². The SMILES string of the molecule is Cc1cn2cc(Nc3c4ccc(N5CCNCC5)cc4nn3CC3CC3)cc(F)c2n1. The third kappa shape index (κ3) is 3.50. The van der Waals surface area contributed by atoms with Crippen LogP contribution in [0.1, 0.15) is 18.5 Å². The van der Waals surface area contributed by atoms with Crippen LogP contribution < -0.4 is 15.5 Å². The number of aromatic nitrogens is 4. The minimum Gasteiger partial charge on any atom is -0.369 e. The van der Waals surface area contributed by atoms with Crippen LogP contribution in [0.2, 0.25) is 0 Å². The summed E-state index contributed by atoms with van der Waals surface area (Å²) in [5.41, 5.74) is 4.00. The van der Waals surface area contributed by atoms with E-state index in [1.54, 1.807) is 4.40 Å². The predicted octanol–water partition coefficient (Wildman–Crippen LogP) is 3.69. The van der Waals surface area contributed by atoms with E-state index < -0.39 is 0 Å². The molecule has 160 valence electrons. The van der Waals surface area contributed by atoms with Gasteiger partial charge in [-0.25, -0.2) is 14.1 Å². The summed E-state index contributed by atoms with van der Waals surface area (Å²) in [5.74, 6) is 1.26. The number of hydrogen-bond donors (Lipinski definition) is 2. The van der Waals surface area contributed by atoms with Gasteiger partial charge in [-0.15, -0.1) is 0 Å². The maximum absolute atomic E-state index is 14.6.